The molecule has 1 aromatic carbocycles. The first-order chi connectivity index (χ1) is 8.90. The Bertz CT molecular complexity index is 591. The largest absolute Gasteiger partial charge is 0.219 e. The van der Waals surface area contributed by atoms with Gasteiger partial charge in [0.1, 0.15) is 10.8 Å². The molecule has 102 valence electrons. The van der Waals surface area contributed by atoms with E-state index in [1.54, 1.807) is 0 Å². The van der Waals surface area contributed by atoms with Crippen LogP contribution in [0.1, 0.15) is 50.9 Å². The van der Waals surface area contributed by atoms with E-state index in [1.807, 2.05) is 27.7 Å². The average molecular weight is 282 g/mol. The molecule has 2 nitrogen and oxygen atoms in total. The maximum atomic E-state index is 13.5. The Hall–Kier alpha value is -1.36. The summed E-state index contributed by atoms with van der Waals surface area (Å²) in [6, 6.07) is 2.47. The minimum atomic E-state index is -0.847. The Morgan fingerprint density at radius 3 is 2.16 bits per heavy atom. The van der Waals surface area contributed by atoms with Gasteiger partial charge in [0.15, 0.2) is 11.6 Å². The fourth-order valence-corrected chi connectivity index (χ4v) is 2.64. The van der Waals surface area contributed by atoms with Crippen molar-refractivity contribution in [1.82, 2.24) is 9.36 Å². The van der Waals surface area contributed by atoms with Gasteiger partial charge in [0, 0.05) is 11.5 Å². The molecule has 1 aromatic heterocycles. The van der Waals surface area contributed by atoms with Gasteiger partial charge in [-0.05, 0) is 35.1 Å². The van der Waals surface area contributed by atoms with Crippen LogP contribution in [0.15, 0.2) is 12.1 Å². The molecule has 0 unspecified atom stereocenters. The molecule has 0 amide bonds. The standard InChI is InChI=1S/C14H16F2N2S/c1-7(2)9-5-11(15)12(16)6-10(9)14-17-13(8(3)4)18-19-14/h5-8H,1-4H3. The lowest BCUT2D eigenvalue weighted by Gasteiger charge is -2.11. The van der Waals surface area contributed by atoms with Crippen molar-refractivity contribution in [3.8, 4) is 10.6 Å². The highest BCUT2D eigenvalue weighted by atomic mass is 32.1. The lowest BCUT2D eigenvalue weighted by atomic mass is 9.97. The summed E-state index contributed by atoms with van der Waals surface area (Å²) < 4.78 is 31.1. The first-order valence-electron chi connectivity index (χ1n) is 6.23. The van der Waals surface area contributed by atoms with Crippen LogP contribution in [-0.4, -0.2) is 9.36 Å². The zero-order valence-corrected chi connectivity index (χ0v) is 12.2. The molecule has 0 spiro atoms. The summed E-state index contributed by atoms with van der Waals surface area (Å²) in [5.41, 5.74) is 1.39. The van der Waals surface area contributed by atoms with E-state index in [-0.39, 0.29) is 11.8 Å². The maximum Gasteiger partial charge on any atom is 0.159 e. The highest BCUT2D eigenvalue weighted by molar-refractivity contribution is 7.09. The van der Waals surface area contributed by atoms with E-state index in [0.29, 0.717) is 10.6 Å². The second-order valence-electron chi connectivity index (χ2n) is 5.12. The van der Waals surface area contributed by atoms with Gasteiger partial charge in [-0.25, -0.2) is 13.8 Å². The Labute approximate surface area is 115 Å². The van der Waals surface area contributed by atoms with Crippen molar-refractivity contribution >= 4 is 11.5 Å². The van der Waals surface area contributed by atoms with E-state index in [2.05, 4.69) is 9.36 Å². The topological polar surface area (TPSA) is 25.8 Å². The number of benzene rings is 1. The van der Waals surface area contributed by atoms with E-state index in [9.17, 15) is 8.78 Å². The summed E-state index contributed by atoms with van der Waals surface area (Å²) in [5.74, 6) is -0.615. The molecule has 19 heavy (non-hydrogen) atoms. The van der Waals surface area contributed by atoms with Crippen LogP contribution >= 0.6 is 11.5 Å². The number of hydrogen-bond donors (Lipinski definition) is 0. The number of aromatic nitrogens is 2. The van der Waals surface area contributed by atoms with Gasteiger partial charge in [-0.15, -0.1) is 0 Å². The van der Waals surface area contributed by atoms with E-state index >= 15 is 0 Å². The molecule has 0 radical (unpaired) electrons. The fourth-order valence-electron chi connectivity index (χ4n) is 1.80. The Balaban J connectivity index is 2.56. The molecule has 1 heterocycles. The van der Waals surface area contributed by atoms with Crippen LogP contribution < -0.4 is 0 Å². The molecule has 2 aromatic rings. The van der Waals surface area contributed by atoms with E-state index in [4.69, 9.17) is 0 Å². The minimum absolute atomic E-state index is 0.0940. The lowest BCUT2D eigenvalue weighted by molar-refractivity contribution is 0.506. The average Bonchev–Trinajstić information content (AvgIpc) is 2.81. The number of rotatable bonds is 3. The molecule has 0 saturated heterocycles. The van der Waals surface area contributed by atoms with Gasteiger partial charge >= 0.3 is 0 Å². The van der Waals surface area contributed by atoms with Gasteiger partial charge in [-0.1, -0.05) is 27.7 Å². The fraction of sp³-hybridized carbons (Fsp3) is 0.429. The third kappa shape index (κ3) is 2.81. The van der Waals surface area contributed by atoms with Gasteiger partial charge in [-0.3, -0.25) is 0 Å². The van der Waals surface area contributed by atoms with Crippen LogP contribution in [0.25, 0.3) is 10.6 Å². The zero-order valence-electron chi connectivity index (χ0n) is 11.4. The highest BCUT2D eigenvalue weighted by Gasteiger charge is 2.17. The van der Waals surface area contributed by atoms with Gasteiger partial charge in [0.25, 0.3) is 0 Å². The van der Waals surface area contributed by atoms with Crippen molar-refractivity contribution in [2.75, 3.05) is 0 Å². The number of hydrogen-bond acceptors (Lipinski definition) is 3. The zero-order chi connectivity index (χ0) is 14.2. The van der Waals surface area contributed by atoms with Crippen LogP contribution in [0, 0.1) is 11.6 Å². The van der Waals surface area contributed by atoms with E-state index in [0.717, 1.165) is 11.4 Å². The molecular formula is C14H16F2N2S. The molecule has 0 fully saturated rings. The van der Waals surface area contributed by atoms with Gasteiger partial charge < -0.3 is 0 Å². The summed E-state index contributed by atoms with van der Waals surface area (Å²) in [5, 5.41) is 0.645. The predicted octanol–water partition coefficient (Wildman–Crippen LogP) is 4.73. The second kappa shape index (κ2) is 5.33. The van der Waals surface area contributed by atoms with Crippen LogP contribution in [0.3, 0.4) is 0 Å². The molecule has 0 bridgehead atoms. The third-order valence-corrected chi connectivity index (χ3v) is 3.67. The van der Waals surface area contributed by atoms with Gasteiger partial charge in [-0.2, -0.15) is 4.37 Å². The van der Waals surface area contributed by atoms with Crippen LogP contribution in [-0.2, 0) is 0 Å². The highest BCUT2D eigenvalue weighted by Crippen LogP contribution is 2.33. The van der Waals surface area contributed by atoms with Crippen molar-refractivity contribution in [3.63, 3.8) is 0 Å². The number of halogens is 2. The van der Waals surface area contributed by atoms with Crippen molar-refractivity contribution in [1.29, 1.82) is 0 Å². The van der Waals surface area contributed by atoms with Crippen molar-refractivity contribution in [2.24, 2.45) is 0 Å². The Morgan fingerprint density at radius 1 is 1.00 bits per heavy atom. The van der Waals surface area contributed by atoms with Crippen LogP contribution in [0.5, 0.6) is 0 Å². The normalized spacial score (nSPS) is 11.6. The summed E-state index contributed by atoms with van der Waals surface area (Å²) in [6.07, 6.45) is 0. The summed E-state index contributed by atoms with van der Waals surface area (Å²) >= 11 is 1.23. The molecule has 0 atom stereocenters. The van der Waals surface area contributed by atoms with Crippen molar-refractivity contribution < 1.29 is 8.78 Å². The van der Waals surface area contributed by atoms with Gasteiger partial charge in [0.05, 0.1) is 0 Å². The van der Waals surface area contributed by atoms with E-state index < -0.39 is 11.6 Å². The first-order valence-corrected chi connectivity index (χ1v) is 7.00. The molecule has 2 rings (SSSR count). The van der Waals surface area contributed by atoms with Crippen LogP contribution in [0.4, 0.5) is 8.78 Å². The Kier molecular flexibility index (Phi) is 3.94. The molecule has 0 aliphatic carbocycles. The molecule has 0 aliphatic heterocycles. The molecule has 5 heteroatoms. The number of nitrogens with zero attached hydrogens (tertiary/aromatic N) is 2. The van der Waals surface area contributed by atoms with Crippen molar-refractivity contribution in [3.05, 3.63) is 35.2 Å². The minimum Gasteiger partial charge on any atom is -0.219 e. The smallest absolute Gasteiger partial charge is 0.159 e. The SMILES string of the molecule is CC(C)c1nsc(-c2cc(F)c(F)cc2C(C)C)n1. The lowest BCUT2D eigenvalue weighted by Crippen LogP contribution is -1.97. The van der Waals surface area contributed by atoms with Crippen LogP contribution in [0.2, 0.25) is 0 Å². The summed E-state index contributed by atoms with van der Waals surface area (Å²) in [6.45, 7) is 7.89. The van der Waals surface area contributed by atoms with E-state index in [1.165, 1.54) is 23.7 Å². The molecule has 0 N–H and O–H groups in total. The predicted molar refractivity (Wildman–Crippen MR) is 73.4 cm³/mol. The molecule has 0 saturated carbocycles. The summed E-state index contributed by atoms with van der Waals surface area (Å²) in [7, 11) is 0. The summed E-state index contributed by atoms with van der Waals surface area (Å²) in [4.78, 5) is 4.41. The molecular weight excluding hydrogens is 266 g/mol. The Morgan fingerprint density at radius 2 is 1.63 bits per heavy atom. The third-order valence-electron chi connectivity index (χ3n) is 2.90. The molecule has 0 aliphatic rings. The second-order valence-corrected chi connectivity index (χ2v) is 5.87. The quantitative estimate of drug-likeness (QED) is 0.813. The first kappa shape index (κ1) is 14.1. The monoisotopic (exact) mass is 282 g/mol. The van der Waals surface area contributed by atoms with Crippen molar-refractivity contribution in [2.45, 2.75) is 39.5 Å². The maximum absolute atomic E-state index is 13.5. The van der Waals surface area contributed by atoms with Gasteiger partial charge in [0.2, 0.25) is 0 Å².